The van der Waals surface area contributed by atoms with E-state index >= 15 is 0 Å². The summed E-state index contributed by atoms with van der Waals surface area (Å²) in [7, 11) is 0. The van der Waals surface area contributed by atoms with E-state index in [-0.39, 0.29) is 11.3 Å². The van der Waals surface area contributed by atoms with Gasteiger partial charge in [-0.05, 0) is 36.8 Å². The van der Waals surface area contributed by atoms with Gasteiger partial charge in [0.2, 0.25) is 5.91 Å². The molecule has 1 aromatic rings. The van der Waals surface area contributed by atoms with Crippen LogP contribution in [0, 0.1) is 5.92 Å². The number of nitrogens with zero attached hydrogens (tertiary/aromatic N) is 2. The number of amides is 1. The molecule has 1 N–H and O–H groups in total. The van der Waals surface area contributed by atoms with Crippen molar-refractivity contribution < 1.29 is 4.79 Å². The summed E-state index contributed by atoms with van der Waals surface area (Å²) in [6.07, 6.45) is 4.57. The average Bonchev–Trinajstić information content (AvgIpc) is 2.99. The molecule has 0 radical (unpaired) electrons. The van der Waals surface area contributed by atoms with Crippen LogP contribution in [0.15, 0.2) is 24.3 Å². The van der Waals surface area contributed by atoms with Crippen molar-refractivity contribution in [2.75, 3.05) is 39.3 Å². The average molecular weight is 325 g/mol. The first-order valence-corrected chi connectivity index (χ1v) is 9.60. The molecule has 2 aliphatic carbocycles. The highest BCUT2D eigenvalue weighted by atomic mass is 16.2. The number of likely N-dealkylation sites (tertiary alicyclic amines) is 1. The molecule has 2 saturated heterocycles. The number of aryl methyl sites for hydroxylation is 1. The van der Waals surface area contributed by atoms with Gasteiger partial charge < -0.3 is 10.2 Å². The number of rotatable bonds is 2. The van der Waals surface area contributed by atoms with Gasteiger partial charge in [0, 0.05) is 56.6 Å². The maximum absolute atomic E-state index is 13.1. The molecular formula is C20H27N3O. The highest BCUT2D eigenvalue weighted by Gasteiger charge is 2.62. The molecule has 4 aliphatic rings. The van der Waals surface area contributed by atoms with E-state index in [2.05, 4.69) is 39.4 Å². The van der Waals surface area contributed by atoms with E-state index in [1.807, 2.05) is 0 Å². The van der Waals surface area contributed by atoms with E-state index in [1.54, 1.807) is 0 Å². The zero-order chi connectivity index (χ0) is 16.1. The van der Waals surface area contributed by atoms with Crippen molar-refractivity contribution >= 4 is 5.91 Å². The Morgan fingerprint density at radius 1 is 1.17 bits per heavy atom. The van der Waals surface area contributed by atoms with Gasteiger partial charge in [0.05, 0.1) is 0 Å². The highest BCUT2D eigenvalue weighted by Crippen LogP contribution is 2.62. The van der Waals surface area contributed by atoms with E-state index in [0.29, 0.717) is 11.9 Å². The summed E-state index contributed by atoms with van der Waals surface area (Å²) >= 11 is 0. The number of nitrogens with one attached hydrogen (secondary N) is 1. The molecule has 0 aromatic heterocycles. The number of piperazine rings is 1. The van der Waals surface area contributed by atoms with Crippen LogP contribution in [0.5, 0.6) is 0 Å². The molecule has 2 heterocycles. The van der Waals surface area contributed by atoms with Gasteiger partial charge >= 0.3 is 0 Å². The van der Waals surface area contributed by atoms with Gasteiger partial charge in [0.1, 0.15) is 0 Å². The van der Waals surface area contributed by atoms with E-state index in [4.69, 9.17) is 0 Å². The second-order valence-corrected chi connectivity index (χ2v) is 8.08. The van der Waals surface area contributed by atoms with Crippen LogP contribution in [-0.4, -0.2) is 61.0 Å². The summed E-state index contributed by atoms with van der Waals surface area (Å²) in [5.74, 6) is 0.687. The minimum absolute atomic E-state index is 0.195. The topological polar surface area (TPSA) is 35.6 Å². The first kappa shape index (κ1) is 14.9. The van der Waals surface area contributed by atoms with Crippen LogP contribution in [-0.2, 0) is 16.6 Å². The number of fused-ring (bicyclic) bond motifs is 2. The van der Waals surface area contributed by atoms with Gasteiger partial charge in [0.25, 0.3) is 0 Å². The van der Waals surface area contributed by atoms with Crippen molar-refractivity contribution in [1.82, 2.24) is 15.1 Å². The normalized spacial score (nSPS) is 35.4. The smallest absolute Gasteiger partial charge is 0.226 e. The van der Waals surface area contributed by atoms with Gasteiger partial charge in [-0.15, -0.1) is 0 Å². The lowest BCUT2D eigenvalue weighted by atomic mass is 9.95. The molecule has 24 heavy (non-hydrogen) atoms. The molecule has 1 aromatic carbocycles. The molecule has 5 rings (SSSR count). The number of hydrogen-bond donors (Lipinski definition) is 1. The second-order valence-electron chi connectivity index (χ2n) is 8.08. The monoisotopic (exact) mass is 325 g/mol. The Hall–Kier alpha value is -1.39. The molecule has 3 unspecified atom stereocenters. The lowest BCUT2D eigenvalue weighted by molar-refractivity contribution is -0.132. The Bertz CT molecular complexity index is 654. The highest BCUT2D eigenvalue weighted by molar-refractivity contribution is 5.85. The van der Waals surface area contributed by atoms with Crippen LogP contribution in [0.2, 0.25) is 0 Å². The largest absolute Gasteiger partial charge is 0.341 e. The predicted molar refractivity (Wildman–Crippen MR) is 94.0 cm³/mol. The number of benzene rings is 1. The van der Waals surface area contributed by atoms with Crippen LogP contribution >= 0.6 is 0 Å². The summed E-state index contributed by atoms with van der Waals surface area (Å²) in [5.41, 5.74) is 3.15. The SMILES string of the molecule is O=C(C1CC12CCc1ccccc12)N1CCC(N2CCNCC2)C1. The third kappa shape index (κ3) is 2.23. The first-order valence-electron chi connectivity index (χ1n) is 9.60. The minimum atomic E-state index is 0.195. The summed E-state index contributed by atoms with van der Waals surface area (Å²) in [5, 5.41) is 3.42. The van der Waals surface area contributed by atoms with Crippen LogP contribution in [0.4, 0.5) is 0 Å². The fraction of sp³-hybridized carbons (Fsp3) is 0.650. The molecule has 4 nitrogen and oxygen atoms in total. The molecule has 1 amide bonds. The molecule has 3 fully saturated rings. The molecule has 1 saturated carbocycles. The summed E-state index contributed by atoms with van der Waals surface area (Å²) in [6, 6.07) is 9.38. The van der Waals surface area contributed by atoms with E-state index in [0.717, 1.165) is 58.5 Å². The molecule has 128 valence electrons. The van der Waals surface area contributed by atoms with Gasteiger partial charge in [-0.1, -0.05) is 24.3 Å². The molecule has 3 atom stereocenters. The van der Waals surface area contributed by atoms with E-state index < -0.39 is 0 Å². The number of carbonyl (C=O) groups excluding carboxylic acids is 1. The molecule has 2 aliphatic heterocycles. The van der Waals surface area contributed by atoms with Gasteiger partial charge in [-0.2, -0.15) is 0 Å². The standard InChI is InChI=1S/C20H27N3O/c24-19(23-10-6-16(14-23)22-11-8-21-9-12-22)18-13-20(18)7-5-15-3-1-2-4-17(15)20/h1-4,16,18,21H,5-14H2. The lowest BCUT2D eigenvalue weighted by Gasteiger charge is -2.32. The Morgan fingerprint density at radius 2 is 2.00 bits per heavy atom. The molecule has 0 bridgehead atoms. The zero-order valence-corrected chi connectivity index (χ0v) is 14.3. The third-order valence-corrected chi connectivity index (χ3v) is 6.91. The lowest BCUT2D eigenvalue weighted by Crippen LogP contribution is -2.49. The van der Waals surface area contributed by atoms with E-state index in [9.17, 15) is 4.79 Å². The maximum atomic E-state index is 13.1. The van der Waals surface area contributed by atoms with Crippen LogP contribution in [0.25, 0.3) is 0 Å². The van der Waals surface area contributed by atoms with Crippen molar-refractivity contribution in [2.45, 2.75) is 37.1 Å². The third-order valence-electron chi connectivity index (χ3n) is 6.91. The second kappa shape index (κ2) is 5.57. The maximum Gasteiger partial charge on any atom is 0.226 e. The number of hydrogen-bond acceptors (Lipinski definition) is 3. The number of carbonyl (C=O) groups is 1. The Labute approximate surface area is 144 Å². The van der Waals surface area contributed by atoms with Crippen molar-refractivity contribution in [3.05, 3.63) is 35.4 Å². The first-order chi connectivity index (χ1) is 11.8. The fourth-order valence-corrected chi connectivity index (χ4v) is 5.43. The summed E-state index contributed by atoms with van der Waals surface area (Å²) in [4.78, 5) is 17.9. The minimum Gasteiger partial charge on any atom is -0.341 e. The zero-order valence-electron chi connectivity index (χ0n) is 14.3. The van der Waals surface area contributed by atoms with Crippen molar-refractivity contribution in [3.63, 3.8) is 0 Å². The van der Waals surface area contributed by atoms with Crippen LogP contribution < -0.4 is 5.32 Å². The summed E-state index contributed by atoms with van der Waals surface area (Å²) in [6.45, 7) is 6.36. The summed E-state index contributed by atoms with van der Waals surface area (Å²) < 4.78 is 0. The van der Waals surface area contributed by atoms with Gasteiger partial charge in [0.15, 0.2) is 0 Å². The van der Waals surface area contributed by atoms with E-state index in [1.165, 1.54) is 17.5 Å². The predicted octanol–water partition coefficient (Wildman–Crippen LogP) is 1.40. The fourth-order valence-electron chi connectivity index (χ4n) is 5.43. The van der Waals surface area contributed by atoms with Crippen LogP contribution in [0.1, 0.15) is 30.4 Å². The van der Waals surface area contributed by atoms with Crippen molar-refractivity contribution in [1.29, 1.82) is 0 Å². The molecule has 4 heteroatoms. The Morgan fingerprint density at radius 3 is 2.88 bits per heavy atom. The Kier molecular flexibility index (Phi) is 3.46. The van der Waals surface area contributed by atoms with Crippen LogP contribution in [0.3, 0.4) is 0 Å². The van der Waals surface area contributed by atoms with Gasteiger partial charge in [-0.3, -0.25) is 9.69 Å². The van der Waals surface area contributed by atoms with Crippen molar-refractivity contribution in [2.24, 2.45) is 5.92 Å². The van der Waals surface area contributed by atoms with Gasteiger partial charge in [-0.25, -0.2) is 0 Å². The molecular weight excluding hydrogens is 298 g/mol. The Balaban J connectivity index is 1.26. The quantitative estimate of drug-likeness (QED) is 0.893. The molecule has 1 spiro atoms. The van der Waals surface area contributed by atoms with Crippen molar-refractivity contribution in [3.8, 4) is 0 Å².